The van der Waals surface area contributed by atoms with E-state index in [2.05, 4.69) is 46.7 Å². The van der Waals surface area contributed by atoms with Gasteiger partial charge in [-0.2, -0.15) is 5.21 Å². The van der Waals surface area contributed by atoms with Crippen LogP contribution in [-0.2, 0) is 6.54 Å². The fraction of sp³-hybridized carbons (Fsp3) is 0.444. The highest BCUT2D eigenvalue weighted by Crippen LogP contribution is 2.48. The van der Waals surface area contributed by atoms with Crippen molar-refractivity contribution in [2.75, 3.05) is 16.8 Å². The van der Waals surface area contributed by atoms with Crippen molar-refractivity contribution in [3.8, 4) is 0 Å². The molecule has 9 nitrogen and oxygen atoms in total. The minimum absolute atomic E-state index is 0.0588. The molecular weight excluding hydrogens is 525 g/mol. The summed E-state index contributed by atoms with van der Waals surface area (Å²) in [4.78, 5) is 30.2. The van der Waals surface area contributed by atoms with Crippen molar-refractivity contribution >= 4 is 46.8 Å². The molecule has 1 aliphatic carbocycles. The van der Waals surface area contributed by atoms with Gasteiger partial charge in [-0.1, -0.05) is 61.2 Å². The van der Waals surface area contributed by atoms with Gasteiger partial charge in [0.1, 0.15) is 0 Å². The topological polar surface area (TPSA) is 107 Å². The second-order valence-corrected chi connectivity index (χ2v) is 12.2. The van der Waals surface area contributed by atoms with Gasteiger partial charge in [-0.15, -0.1) is 5.10 Å². The van der Waals surface area contributed by atoms with Crippen LogP contribution in [0.3, 0.4) is 0 Å². The van der Waals surface area contributed by atoms with Gasteiger partial charge in [-0.25, -0.2) is 4.79 Å². The molecular formula is C27H31Cl2N7O2. The summed E-state index contributed by atoms with van der Waals surface area (Å²) < 4.78 is 0. The van der Waals surface area contributed by atoms with Crippen LogP contribution in [0.4, 0.5) is 16.4 Å². The molecule has 0 bridgehead atoms. The number of rotatable bonds is 5. The number of amides is 3. The number of carbonyl (C=O) groups is 2. The number of tetrazole rings is 1. The van der Waals surface area contributed by atoms with Crippen LogP contribution in [0, 0.1) is 11.3 Å². The largest absolute Gasteiger partial charge is 0.325 e. The Morgan fingerprint density at radius 2 is 1.76 bits per heavy atom. The summed E-state index contributed by atoms with van der Waals surface area (Å²) in [6, 6.07) is 12.4. The molecule has 5 rings (SSSR count). The van der Waals surface area contributed by atoms with Crippen molar-refractivity contribution in [1.82, 2.24) is 25.5 Å². The van der Waals surface area contributed by atoms with Crippen molar-refractivity contribution in [2.45, 2.75) is 58.5 Å². The molecule has 3 aromatic rings. The fourth-order valence-corrected chi connectivity index (χ4v) is 6.22. The molecule has 2 fully saturated rings. The number of H-pyrrole nitrogens is 1. The minimum atomic E-state index is -0.337. The molecule has 1 aliphatic heterocycles. The summed E-state index contributed by atoms with van der Waals surface area (Å²) in [5.41, 5.74) is 2.05. The highest BCUT2D eigenvalue weighted by Gasteiger charge is 2.52. The molecule has 2 aliphatic rings. The van der Waals surface area contributed by atoms with Crippen LogP contribution in [-0.4, -0.2) is 49.5 Å². The number of nitrogens with one attached hydrogen (secondary N) is 2. The Morgan fingerprint density at radius 3 is 2.34 bits per heavy atom. The van der Waals surface area contributed by atoms with Gasteiger partial charge in [-0.05, 0) is 78.1 Å². The smallest absolute Gasteiger partial charge is 0.313 e. The quantitative estimate of drug-likeness (QED) is 0.391. The van der Waals surface area contributed by atoms with Crippen LogP contribution >= 0.6 is 23.2 Å². The van der Waals surface area contributed by atoms with Gasteiger partial charge < -0.3 is 4.90 Å². The number of carbonyl (C=O) groups excluding carboxylic acids is 2. The normalized spacial score (nSPS) is 21.8. The Balaban J connectivity index is 1.39. The molecule has 2 aromatic carbocycles. The standard InChI is InChI=1S/C27H31Cl2N7O2/c1-26(2,3)19-8-10-27(11-9-19)16-35(22-13-20(28)12-21(29)14-22)25(38)36(27)15-17-4-6-18(7-5-17)23(37)30-24-31-33-34-32-24/h4-7,12-14,19H,8-11,15-16H2,1-3H3,(H2,30,31,32,33,34,37). The fourth-order valence-electron chi connectivity index (χ4n) is 5.71. The molecule has 0 radical (unpaired) electrons. The van der Waals surface area contributed by atoms with E-state index in [0.29, 0.717) is 40.3 Å². The summed E-state index contributed by atoms with van der Waals surface area (Å²) in [5.74, 6) is 0.378. The van der Waals surface area contributed by atoms with Crippen LogP contribution in [0.25, 0.3) is 0 Å². The number of hydrogen-bond acceptors (Lipinski definition) is 5. The van der Waals surface area contributed by atoms with Crippen molar-refractivity contribution in [2.24, 2.45) is 11.3 Å². The van der Waals surface area contributed by atoms with E-state index in [1.807, 2.05) is 21.9 Å². The molecule has 0 unspecified atom stereocenters. The van der Waals surface area contributed by atoms with E-state index in [-0.39, 0.29) is 28.8 Å². The van der Waals surface area contributed by atoms with Crippen LogP contribution in [0.15, 0.2) is 42.5 Å². The average molecular weight is 556 g/mol. The first-order valence-corrected chi connectivity index (χ1v) is 13.5. The Hall–Kier alpha value is -3.17. The summed E-state index contributed by atoms with van der Waals surface area (Å²) in [6.07, 6.45) is 3.98. The Kier molecular flexibility index (Phi) is 7.09. The number of aromatic amines is 1. The molecule has 38 heavy (non-hydrogen) atoms. The zero-order chi connectivity index (χ0) is 27.1. The number of anilines is 2. The average Bonchev–Trinajstić information content (AvgIpc) is 3.46. The van der Waals surface area contributed by atoms with E-state index in [4.69, 9.17) is 23.2 Å². The minimum Gasteiger partial charge on any atom is -0.313 e. The molecule has 3 amide bonds. The summed E-state index contributed by atoms with van der Waals surface area (Å²) in [7, 11) is 0. The highest BCUT2D eigenvalue weighted by molar-refractivity contribution is 6.35. The van der Waals surface area contributed by atoms with Gasteiger partial charge in [0.05, 0.1) is 12.1 Å². The maximum Gasteiger partial charge on any atom is 0.325 e. The molecule has 1 aromatic heterocycles. The van der Waals surface area contributed by atoms with E-state index in [0.717, 1.165) is 31.2 Å². The lowest BCUT2D eigenvalue weighted by molar-refractivity contribution is 0.0631. The summed E-state index contributed by atoms with van der Waals surface area (Å²) >= 11 is 12.6. The lowest BCUT2D eigenvalue weighted by Gasteiger charge is -2.45. The summed E-state index contributed by atoms with van der Waals surface area (Å²) in [6.45, 7) is 7.92. The monoisotopic (exact) mass is 555 g/mol. The van der Waals surface area contributed by atoms with Gasteiger partial charge >= 0.3 is 6.03 Å². The van der Waals surface area contributed by atoms with Crippen molar-refractivity contribution < 1.29 is 9.59 Å². The third-order valence-corrected chi connectivity index (χ3v) is 8.35. The van der Waals surface area contributed by atoms with Crippen molar-refractivity contribution in [3.05, 3.63) is 63.6 Å². The number of hydrogen-bond donors (Lipinski definition) is 2. The van der Waals surface area contributed by atoms with Crippen molar-refractivity contribution in [1.29, 1.82) is 0 Å². The second kappa shape index (κ2) is 10.2. The SMILES string of the molecule is CC(C)(C)C1CCC2(CC1)CN(c1cc(Cl)cc(Cl)c1)C(=O)N2Cc1ccc(C(=O)Nc2nn[nH]n2)cc1. The van der Waals surface area contributed by atoms with Gasteiger partial charge in [0.15, 0.2) is 0 Å². The number of benzene rings is 2. The maximum atomic E-state index is 13.9. The van der Waals surface area contributed by atoms with Gasteiger partial charge in [-0.3, -0.25) is 15.0 Å². The molecule has 0 atom stereocenters. The first-order valence-electron chi connectivity index (χ1n) is 12.7. The molecule has 1 saturated carbocycles. The van der Waals surface area contributed by atoms with Gasteiger partial charge in [0.2, 0.25) is 0 Å². The van der Waals surface area contributed by atoms with Crippen LogP contribution in [0.1, 0.15) is 62.4 Å². The zero-order valence-corrected chi connectivity index (χ0v) is 23.2. The van der Waals surface area contributed by atoms with E-state index in [9.17, 15) is 9.59 Å². The predicted molar refractivity (Wildman–Crippen MR) is 147 cm³/mol. The first kappa shape index (κ1) is 26.4. The molecule has 11 heteroatoms. The second-order valence-electron chi connectivity index (χ2n) is 11.3. The predicted octanol–water partition coefficient (Wildman–Crippen LogP) is 6.18. The first-order chi connectivity index (χ1) is 18.0. The lowest BCUT2D eigenvalue weighted by atomic mass is 9.67. The maximum absolute atomic E-state index is 13.9. The molecule has 2 heterocycles. The number of urea groups is 1. The van der Waals surface area contributed by atoms with E-state index in [1.54, 1.807) is 30.3 Å². The molecule has 200 valence electrons. The zero-order valence-electron chi connectivity index (χ0n) is 21.7. The van der Waals surface area contributed by atoms with E-state index >= 15 is 0 Å². The Bertz CT molecular complexity index is 1290. The Labute approximate surface area is 231 Å². The third-order valence-electron chi connectivity index (χ3n) is 7.91. The molecule has 1 saturated heterocycles. The highest BCUT2D eigenvalue weighted by atomic mass is 35.5. The molecule has 2 N–H and O–H groups in total. The van der Waals surface area contributed by atoms with E-state index in [1.165, 1.54) is 0 Å². The lowest BCUT2D eigenvalue weighted by Crippen LogP contribution is -2.50. The number of aromatic nitrogens is 4. The van der Waals surface area contributed by atoms with Crippen LogP contribution in [0.5, 0.6) is 0 Å². The van der Waals surface area contributed by atoms with Crippen molar-refractivity contribution in [3.63, 3.8) is 0 Å². The molecule has 1 spiro atoms. The van der Waals surface area contributed by atoms with Gasteiger partial charge in [0.25, 0.3) is 11.9 Å². The third kappa shape index (κ3) is 5.35. The van der Waals surface area contributed by atoms with E-state index < -0.39 is 0 Å². The Morgan fingerprint density at radius 1 is 1.11 bits per heavy atom. The summed E-state index contributed by atoms with van der Waals surface area (Å²) in [5, 5.41) is 16.8. The number of nitrogens with zero attached hydrogens (tertiary/aromatic N) is 5. The van der Waals surface area contributed by atoms with Gasteiger partial charge in [0, 0.05) is 27.8 Å². The van der Waals surface area contributed by atoms with Crippen LogP contribution < -0.4 is 10.2 Å². The number of halogens is 2. The van der Waals surface area contributed by atoms with Crippen LogP contribution in [0.2, 0.25) is 10.0 Å².